The number of nitrogens with one attached hydrogen (secondary N) is 1. The third kappa shape index (κ3) is 4.89. The Morgan fingerprint density at radius 3 is 2.82 bits per heavy atom. The predicted octanol–water partition coefficient (Wildman–Crippen LogP) is -1.35. The van der Waals surface area contributed by atoms with Gasteiger partial charge in [-0.05, 0) is 31.9 Å². The van der Waals surface area contributed by atoms with Gasteiger partial charge in [-0.3, -0.25) is 0 Å². The number of benzene rings is 1. The lowest BCUT2D eigenvalue weighted by atomic mass is 9.92. The Balaban J connectivity index is 0.00000242. The minimum Gasteiger partial charge on any atom is -1.00 e. The molecule has 2 rings (SSSR count). The maximum Gasteiger partial charge on any atom is 0.341 e. The van der Waals surface area contributed by atoms with Gasteiger partial charge < -0.3 is 27.2 Å². The molecule has 3 atom stereocenters. The largest absolute Gasteiger partial charge is 1.00 e. The lowest BCUT2D eigenvalue weighted by Gasteiger charge is -2.34. The van der Waals surface area contributed by atoms with E-state index in [4.69, 9.17) is 4.74 Å². The van der Waals surface area contributed by atoms with Crippen molar-refractivity contribution in [1.82, 2.24) is 0 Å². The van der Waals surface area contributed by atoms with E-state index in [0.717, 1.165) is 18.9 Å². The van der Waals surface area contributed by atoms with Crippen molar-refractivity contribution in [2.24, 2.45) is 5.92 Å². The predicted molar refractivity (Wildman–Crippen MR) is 81.6 cm³/mol. The lowest BCUT2D eigenvalue weighted by Crippen LogP contribution is -3.17. The number of likely N-dealkylation sites (tertiary alicyclic amines) is 1. The molecule has 5 heteroatoms. The van der Waals surface area contributed by atoms with Gasteiger partial charge in [0.1, 0.15) is 11.3 Å². The maximum atomic E-state index is 11.8. The summed E-state index contributed by atoms with van der Waals surface area (Å²) < 4.78 is 5.25. The smallest absolute Gasteiger partial charge is 0.341 e. The Kier molecular flexibility index (Phi) is 7.69. The van der Waals surface area contributed by atoms with E-state index in [9.17, 15) is 9.90 Å². The number of hydrogen-bond acceptors (Lipinski definition) is 3. The molecule has 2 N–H and O–H groups in total. The number of aromatic hydroxyl groups is 1. The highest BCUT2D eigenvalue weighted by Gasteiger charge is 2.27. The highest BCUT2D eigenvalue weighted by atomic mass is 35.5. The van der Waals surface area contributed by atoms with Crippen molar-refractivity contribution < 1.29 is 31.9 Å². The Morgan fingerprint density at radius 1 is 1.36 bits per heavy atom. The van der Waals surface area contributed by atoms with Gasteiger partial charge in [0.25, 0.3) is 0 Å². The molecule has 0 aliphatic carbocycles. The fourth-order valence-electron chi connectivity index (χ4n) is 3.07. The average molecular weight is 328 g/mol. The average Bonchev–Trinajstić information content (AvgIpc) is 2.48. The number of piperidine rings is 1. The van der Waals surface area contributed by atoms with Gasteiger partial charge in [0.2, 0.25) is 0 Å². The van der Waals surface area contributed by atoms with Crippen molar-refractivity contribution in [2.75, 3.05) is 19.7 Å². The van der Waals surface area contributed by atoms with Crippen molar-refractivity contribution in [3.05, 3.63) is 29.8 Å². The second kappa shape index (κ2) is 9.01. The molecule has 4 nitrogen and oxygen atoms in total. The molecule has 1 aromatic carbocycles. The van der Waals surface area contributed by atoms with Crippen molar-refractivity contribution >= 4 is 5.97 Å². The fraction of sp³-hybridized carbons (Fsp3) is 0.588. The Labute approximate surface area is 138 Å². The van der Waals surface area contributed by atoms with Gasteiger partial charge in [-0.2, -0.15) is 0 Å². The molecular formula is C17H26ClNO3. The number of esters is 1. The molecule has 22 heavy (non-hydrogen) atoms. The third-order valence-electron chi connectivity index (χ3n) is 4.65. The van der Waals surface area contributed by atoms with E-state index in [-0.39, 0.29) is 23.7 Å². The molecule has 0 amide bonds. The molecule has 1 aromatic rings. The monoisotopic (exact) mass is 327 g/mol. The number of ether oxygens (including phenoxy) is 1. The molecule has 0 radical (unpaired) electrons. The highest BCUT2D eigenvalue weighted by molar-refractivity contribution is 5.92. The summed E-state index contributed by atoms with van der Waals surface area (Å²) in [5, 5.41) is 9.60. The van der Waals surface area contributed by atoms with Gasteiger partial charge >= 0.3 is 5.97 Å². The zero-order valence-electron chi connectivity index (χ0n) is 13.3. The number of carbonyl (C=O) groups excluding carboxylic acids is 1. The number of quaternary nitrogens is 1. The summed E-state index contributed by atoms with van der Waals surface area (Å²) in [6.07, 6.45) is 3.48. The van der Waals surface area contributed by atoms with Gasteiger partial charge in [-0.1, -0.05) is 19.1 Å². The summed E-state index contributed by atoms with van der Waals surface area (Å²) in [7, 11) is 0. The van der Waals surface area contributed by atoms with Crippen LogP contribution in [0.5, 0.6) is 5.75 Å². The van der Waals surface area contributed by atoms with E-state index in [1.165, 1.54) is 25.5 Å². The molecule has 0 bridgehead atoms. The number of rotatable bonds is 5. The van der Waals surface area contributed by atoms with Gasteiger partial charge in [-0.25, -0.2) is 4.79 Å². The molecule has 0 aromatic heterocycles. The molecular weight excluding hydrogens is 302 g/mol. The first-order valence-corrected chi connectivity index (χ1v) is 7.89. The zero-order chi connectivity index (χ0) is 15.2. The number of phenols is 1. The van der Waals surface area contributed by atoms with Crippen LogP contribution in [-0.4, -0.2) is 36.8 Å². The first-order chi connectivity index (χ1) is 10.1. The van der Waals surface area contributed by atoms with Crippen molar-refractivity contribution in [1.29, 1.82) is 0 Å². The topological polar surface area (TPSA) is 51.0 Å². The molecule has 3 unspecified atom stereocenters. The minimum absolute atomic E-state index is 0. The number of halogens is 1. The SMILES string of the molecule is CC1CCC[NH+](CCCOC(=O)c2ccccc2O)C1C.[Cl-]. The summed E-state index contributed by atoms with van der Waals surface area (Å²) in [5.74, 6) is 0.312. The van der Waals surface area contributed by atoms with Crippen LogP contribution in [-0.2, 0) is 4.74 Å². The summed E-state index contributed by atoms with van der Waals surface area (Å²) in [6, 6.07) is 7.17. The van der Waals surface area contributed by atoms with Crippen LogP contribution in [0.25, 0.3) is 0 Å². The van der Waals surface area contributed by atoms with E-state index in [2.05, 4.69) is 13.8 Å². The van der Waals surface area contributed by atoms with Crippen LogP contribution in [0, 0.1) is 5.92 Å². The van der Waals surface area contributed by atoms with Crippen LogP contribution in [0.3, 0.4) is 0 Å². The van der Waals surface area contributed by atoms with Gasteiger partial charge in [0, 0.05) is 12.3 Å². The normalized spacial score (nSPS) is 24.4. The van der Waals surface area contributed by atoms with Gasteiger partial charge in [0.05, 0.1) is 25.7 Å². The van der Waals surface area contributed by atoms with E-state index >= 15 is 0 Å². The first kappa shape index (κ1) is 18.8. The van der Waals surface area contributed by atoms with Gasteiger partial charge in [-0.15, -0.1) is 0 Å². The Morgan fingerprint density at radius 2 is 2.09 bits per heavy atom. The first-order valence-electron chi connectivity index (χ1n) is 7.89. The number of carbonyl (C=O) groups is 1. The molecule has 0 spiro atoms. The van der Waals surface area contributed by atoms with Gasteiger partial charge in [0.15, 0.2) is 0 Å². The van der Waals surface area contributed by atoms with Crippen LogP contribution in [0.4, 0.5) is 0 Å². The van der Waals surface area contributed by atoms with Crippen LogP contribution >= 0.6 is 0 Å². The highest BCUT2D eigenvalue weighted by Crippen LogP contribution is 2.16. The molecule has 1 saturated heterocycles. The molecule has 124 valence electrons. The molecule has 1 aliphatic rings. The number of para-hydroxylation sites is 1. The second-order valence-electron chi connectivity index (χ2n) is 6.07. The number of phenolic OH excluding ortho intramolecular Hbond substituents is 1. The van der Waals surface area contributed by atoms with Crippen molar-refractivity contribution in [3.63, 3.8) is 0 Å². The van der Waals surface area contributed by atoms with Crippen LogP contribution < -0.4 is 17.3 Å². The van der Waals surface area contributed by atoms with Crippen molar-refractivity contribution in [2.45, 2.75) is 39.2 Å². The standard InChI is InChI=1S/C17H25NO3.ClH/c1-13-7-5-10-18(14(13)2)11-6-12-21-17(20)15-8-3-4-9-16(15)19;/h3-4,8-9,13-14,19H,5-7,10-12H2,1-2H3;1H. The Hall–Kier alpha value is -1.26. The molecule has 1 heterocycles. The van der Waals surface area contributed by atoms with Crippen LogP contribution in [0.1, 0.15) is 43.5 Å². The van der Waals surface area contributed by atoms with Crippen LogP contribution in [0.2, 0.25) is 0 Å². The zero-order valence-corrected chi connectivity index (χ0v) is 14.1. The lowest BCUT2D eigenvalue weighted by molar-refractivity contribution is -0.932. The quantitative estimate of drug-likeness (QED) is 0.519. The summed E-state index contributed by atoms with van der Waals surface area (Å²) in [5.41, 5.74) is 0.241. The third-order valence-corrected chi connectivity index (χ3v) is 4.65. The molecule has 1 fully saturated rings. The number of hydrogen-bond donors (Lipinski definition) is 2. The second-order valence-corrected chi connectivity index (χ2v) is 6.07. The summed E-state index contributed by atoms with van der Waals surface area (Å²) >= 11 is 0. The maximum absolute atomic E-state index is 11.8. The van der Waals surface area contributed by atoms with E-state index < -0.39 is 5.97 Å². The van der Waals surface area contributed by atoms with E-state index in [0.29, 0.717) is 12.6 Å². The molecule has 0 saturated carbocycles. The minimum atomic E-state index is -0.442. The Bertz CT molecular complexity index is 481. The van der Waals surface area contributed by atoms with Crippen LogP contribution in [0.15, 0.2) is 24.3 Å². The summed E-state index contributed by atoms with van der Waals surface area (Å²) in [6.45, 7) is 7.31. The fourth-order valence-corrected chi connectivity index (χ4v) is 3.07. The van der Waals surface area contributed by atoms with Crippen molar-refractivity contribution in [3.8, 4) is 5.75 Å². The molecule has 1 aliphatic heterocycles. The summed E-state index contributed by atoms with van der Waals surface area (Å²) in [4.78, 5) is 13.5. The van der Waals surface area contributed by atoms with E-state index in [1.807, 2.05) is 0 Å². The van der Waals surface area contributed by atoms with E-state index in [1.54, 1.807) is 23.1 Å².